The zero-order chi connectivity index (χ0) is 18.6. The number of rotatable bonds is 9. The number of ether oxygens (including phenoxy) is 1. The standard InChI is InChI=1S/C20H25F2N3O.HI/c1-23-20(25-14-17-13-18(21)9-10-19(17)22)24-11-5-6-12-26-15-16-7-3-2-4-8-16;/h2-4,7-10,13H,5-6,11-12,14-15H2,1H3,(H2,23,24,25);1H. The Kier molecular flexibility index (Phi) is 11.6. The fourth-order valence-electron chi connectivity index (χ4n) is 2.38. The normalized spacial score (nSPS) is 11.0. The van der Waals surface area contributed by atoms with E-state index in [2.05, 4.69) is 15.6 Å². The van der Waals surface area contributed by atoms with Gasteiger partial charge in [0.2, 0.25) is 0 Å². The Morgan fingerprint density at radius 1 is 1.04 bits per heavy atom. The van der Waals surface area contributed by atoms with Gasteiger partial charge >= 0.3 is 0 Å². The summed E-state index contributed by atoms with van der Waals surface area (Å²) < 4.78 is 32.4. The lowest BCUT2D eigenvalue weighted by Gasteiger charge is -2.12. The van der Waals surface area contributed by atoms with Gasteiger partial charge in [-0.2, -0.15) is 0 Å². The first kappa shape index (κ1) is 23.3. The predicted molar refractivity (Wildman–Crippen MR) is 115 cm³/mol. The van der Waals surface area contributed by atoms with Crippen molar-refractivity contribution in [1.82, 2.24) is 10.6 Å². The summed E-state index contributed by atoms with van der Waals surface area (Å²) >= 11 is 0. The first-order valence-electron chi connectivity index (χ1n) is 8.69. The summed E-state index contributed by atoms with van der Waals surface area (Å²) in [6.45, 7) is 2.21. The molecule has 2 N–H and O–H groups in total. The molecule has 0 bridgehead atoms. The van der Waals surface area contributed by atoms with Crippen LogP contribution in [0, 0.1) is 11.6 Å². The molecule has 0 spiro atoms. The van der Waals surface area contributed by atoms with Crippen molar-refractivity contribution in [1.29, 1.82) is 0 Å². The van der Waals surface area contributed by atoms with Gasteiger partial charge in [0.05, 0.1) is 6.61 Å². The molecule has 27 heavy (non-hydrogen) atoms. The molecule has 0 unspecified atom stereocenters. The molecule has 0 atom stereocenters. The molecule has 0 saturated carbocycles. The molecule has 0 aliphatic rings. The van der Waals surface area contributed by atoms with Crippen LogP contribution in [-0.4, -0.2) is 26.2 Å². The molecular weight excluding hydrogens is 463 g/mol. The van der Waals surface area contributed by atoms with E-state index in [4.69, 9.17) is 4.74 Å². The van der Waals surface area contributed by atoms with Crippen LogP contribution >= 0.6 is 24.0 Å². The van der Waals surface area contributed by atoms with Crippen LogP contribution in [-0.2, 0) is 17.9 Å². The second-order valence-electron chi connectivity index (χ2n) is 5.83. The molecule has 2 aromatic carbocycles. The molecule has 2 aromatic rings. The topological polar surface area (TPSA) is 45.7 Å². The second-order valence-corrected chi connectivity index (χ2v) is 5.83. The number of hydrogen-bond donors (Lipinski definition) is 2. The van der Waals surface area contributed by atoms with Crippen molar-refractivity contribution in [2.75, 3.05) is 20.2 Å². The van der Waals surface area contributed by atoms with Crippen molar-refractivity contribution in [2.24, 2.45) is 4.99 Å². The van der Waals surface area contributed by atoms with Crippen molar-refractivity contribution in [3.63, 3.8) is 0 Å². The number of hydrogen-bond acceptors (Lipinski definition) is 2. The molecule has 0 aromatic heterocycles. The van der Waals surface area contributed by atoms with Crippen LogP contribution in [0.15, 0.2) is 53.5 Å². The maximum atomic E-state index is 13.6. The highest BCUT2D eigenvalue weighted by Gasteiger charge is 2.05. The minimum Gasteiger partial charge on any atom is -0.377 e. The quantitative estimate of drug-likeness (QED) is 0.240. The molecule has 148 valence electrons. The van der Waals surface area contributed by atoms with E-state index in [9.17, 15) is 8.78 Å². The molecule has 0 heterocycles. The molecule has 0 aliphatic heterocycles. The minimum absolute atomic E-state index is 0. The first-order valence-corrected chi connectivity index (χ1v) is 8.69. The van der Waals surface area contributed by atoms with E-state index in [0.717, 1.165) is 31.5 Å². The molecule has 0 radical (unpaired) electrons. The molecule has 0 aliphatic carbocycles. The largest absolute Gasteiger partial charge is 0.377 e. The van der Waals surface area contributed by atoms with Gasteiger partial charge in [0, 0.05) is 32.3 Å². The molecule has 0 amide bonds. The number of halogens is 3. The lowest BCUT2D eigenvalue weighted by molar-refractivity contribution is 0.117. The number of guanidine groups is 1. The summed E-state index contributed by atoms with van der Waals surface area (Å²) in [5, 5.41) is 6.13. The van der Waals surface area contributed by atoms with Gasteiger partial charge in [-0.3, -0.25) is 4.99 Å². The lowest BCUT2D eigenvalue weighted by Crippen LogP contribution is -2.37. The number of nitrogens with one attached hydrogen (secondary N) is 2. The van der Waals surface area contributed by atoms with Crippen molar-refractivity contribution < 1.29 is 13.5 Å². The molecule has 2 rings (SSSR count). The van der Waals surface area contributed by atoms with Crippen LogP contribution in [0.5, 0.6) is 0 Å². The van der Waals surface area contributed by atoms with E-state index < -0.39 is 11.6 Å². The third-order valence-electron chi connectivity index (χ3n) is 3.80. The summed E-state index contributed by atoms with van der Waals surface area (Å²) in [5.41, 5.74) is 1.43. The monoisotopic (exact) mass is 489 g/mol. The number of benzene rings is 2. The zero-order valence-electron chi connectivity index (χ0n) is 15.4. The minimum atomic E-state index is -0.457. The third-order valence-corrected chi connectivity index (χ3v) is 3.80. The van der Waals surface area contributed by atoms with Gasteiger partial charge in [-0.1, -0.05) is 30.3 Å². The highest BCUT2D eigenvalue weighted by molar-refractivity contribution is 14.0. The summed E-state index contributed by atoms with van der Waals surface area (Å²) in [7, 11) is 1.64. The van der Waals surface area contributed by atoms with Gasteiger partial charge in [-0.15, -0.1) is 24.0 Å². The Balaban J connectivity index is 0.00000364. The highest BCUT2D eigenvalue weighted by atomic mass is 127. The SMILES string of the molecule is CN=C(NCCCCOCc1ccccc1)NCc1cc(F)ccc1F.I. The van der Waals surface area contributed by atoms with Crippen LogP contribution in [0.1, 0.15) is 24.0 Å². The maximum absolute atomic E-state index is 13.6. The summed E-state index contributed by atoms with van der Waals surface area (Å²) in [6, 6.07) is 13.5. The van der Waals surface area contributed by atoms with Gasteiger partial charge in [-0.25, -0.2) is 8.78 Å². The first-order chi connectivity index (χ1) is 12.7. The van der Waals surface area contributed by atoms with E-state index >= 15 is 0 Å². The Morgan fingerprint density at radius 2 is 1.81 bits per heavy atom. The summed E-state index contributed by atoms with van der Waals surface area (Å²) in [4.78, 5) is 4.08. The van der Waals surface area contributed by atoms with Crippen LogP contribution in [0.2, 0.25) is 0 Å². The molecule has 0 saturated heterocycles. The average molecular weight is 489 g/mol. The van der Waals surface area contributed by atoms with Gasteiger partial charge in [0.15, 0.2) is 5.96 Å². The third kappa shape index (κ3) is 9.14. The molecule has 0 fully saturated rings. The van der Waals surface area contributed by atoms with Crippen molar-refractivity contribution in [3.8, 4) is 0 Å². The molecular formula is C20H26F2IN3O. The van der Waals surface area contributed by atoms with Crippen LogP contribution in [0.25, 0.3) is 0 Å². The van der Waals surface area contributed by atoms with Gasteiger partial charge in [-0.05, 0) is 36.6 Å². The van der Waals surface area contributed by atoms with Gasteiger partial charge < -0.3 is 15.4 Å². The van der Waals surface area contributed by atoms with E-state index in [1.54, 1.807) is 7.05 Å². The van der Waals surface area contributed by atoms with Crippen LogP contribution in [0.3, 0.4) is 0 Å². The van der Waals surface area contributed by atoms with Crippen molar-refractivity contribution in [2.45, 2.75) is 26.0 Å². The van der Waals surface area contributed by atoms with E-state index in [-0.39, 0.29) is 36.1 Å². The van der Waals surface area contributed by atoms with Crippen LogP contribution in [0.4, 0.5) is 8.78 Å². The van der Waals surface area contributed by atoms with Gasteiger partial charge in [0.25, 0.3) is 0 Å². The van der Waals surface area contributed by atoms with Gasteiger partial charge in [0.1, 0.15) is 11.6 Å². The Morgan fingerprint density at radius 3 is 2.56 bits per heavy atom. The van der Waals surface area contributed by atoms with Crippen LogP contribution < -0.4 is 10.6 Å². The molecule has 7 heteroatoms. The summed E-state index contributed by atoms with van der Waals surface area (Å²) in [6.07, 6.45) is 1.85. The Hall–Kier alpha value is -1.74. The van der Waals surface area contributed by atoms with Crippen molar-refractivity contribution in [3.05, 3.63) is 71.3 Å². The number of aliphatic imine (C=N–C) groups is 1. The van der Waals surface area contributed by atoms with Crippen molar-refractivity contribution >= 4 is 29.9 Å². The smallest absolute Gasteiger partial charge is 0.191 e. The Labute approximate surface area is 176 Å². The zero-order valence-corrected chi connectivity index (χ0v) is 17.7. The van der Waals surface area contributed by atoms with E-state index in [1.807, 2.05) is 30.3 Å². The highest BCUT2D eigenvalue weighted by Crippen LogP contribution is 2.09. The lowest BCUT2D eigenvalue weighted by atomic mass is 10.2. The maximum Gasteiger partial charge on any atom is 0.191 e. The predicted octanol–water partition coefficient (Wildman–Crippen LogP) is 4.24. The second kappa shape index (κ2) is 13.4. The number of nitrogens with zero attached hydrogens (tertiary/aromatic N) is 1. The average Bonchev–Trinajstić information content (AvgIpc) is 2.66. The number of unbranched alkanes of at least 4 members (excludes halogenated alkanes) is 1. The molecule has 4 nitrogen and oxygen atoms in total. The Bertz CT molecular complexity index is 699. The fourth-order valence-corrected chi connectivity index (χ4v) is 2.38. The van der Waals surface area contributed by atoms with E-state index in [1.165, 1.54) is 11.6 Å². The summed E-state index contributed by atoms with van der Waals surface area (Å²) in [5.74, 6) is -0.342. The fraction of sp³-hybridized carbons (Fsp3) is 0.350. The van der Waals surface area contributed by atoms with E-state index in [0.29, 0.717) is 19.2 Å².